The van der Waals surface area contributed by atoms with Gasteiger partial charge in [0.2, 0.25) is 0 Å². The summed E-state index contributed by atoms with van der Waals surface area (Å²) < 4.78 is 19.2. The smallest absolute Gasteiger partial charge is 0.385 e. The highest BCUT2D eigenvalue weighted by molar-refractivity contribution is 5.79. The summed E-state index contributed by atoms with van der Waals surface area (Å²) in [4.78, 5) is 27.8. The number of carboxylic acids is 1. The number of hydrogen-bond donors (Lipinski definition) is 3. The number of rotatable bonds is 8. The van der Waals surface area contributed by atoms with Crippen molar-refractivity contribution in [2.45, 2.75) is 58.2 Å². The standard InChI is InChI=1S/C17H26FNO7/c1-17(2,3)26-15(22)10-25-19(14(21)8-13(20)16(23)24)9-11-4-6-12(18)7-5-11/h6,11,13,20H,4-5,7-10H2,1-3H3,(H,23,24)/p+1. The number of ether oxygens (including phenoxy) is 1. The average molecular weight is 376 g/mol. The van der Waals surface area contributed by atoms with Crippen molar-refractivity contribution in [3.05, 3.63) is 11.9 Å². The minimum Gasteiger partial charge on any atom is -0.479 e. The molecule has 0 heterocycles. The lowest BCUT2D eigenvalue weighted by Crippen LogP contribution is -2.35. The van der Waals surface area contributed by atoms with Crippen molar-refractivity contribution in [2.24, 2.45) is 5.92 Å². The Hall–Kier alpha value is -2.16. The van der Waals surface area contributed by atoms with Gasteiger partial charge < -0.3 is 20.1 Å². The molecule has 9 heteroatoms. The second-order valence-electron chi connectivity index (χ2n) is 7.19. The van der Waals surface area contributed by atoms with Crippen LogP contribution in [-0.2, 0) is 19.2 Å². The summed E-state index contributed by atoms with van der Waals surface area (Å²) in [5.74, 6) is -2.94. The van der Waals surface area contributed by atoms with Crippen LogP contribution in [0.2, 0.25) is 0 Å². The minimum absolute atomic E-state index is 0.0581. The summed E-state index contributed by atoms with van der Waals surface area (Å²) in [6.07, 6.45) is 0.259. The van der Waals surface area contributed by atoms with Crippen LogP contribution in [0.5, 0.6) is 0 Å². The monoisotopic (exact) mass is 376 g/mol. The maximum absolute atomic E-state index is 13.1. The van der Waals surface area contributed by atoms with Gasteiger partial charge in [-0.05, 0) is 40.0 Å². The highest BCUT2D eigenvalue weighted by Gasteiger charge is 2.29. The van der Waals surface area contributed by atoms with Crippen molar-refractivity contribution in [1.82, 2.24) is 0 Å². The Morgan fingerprint density at radius 1 is 1.38 bits per heavy atom. The van der Waals surface area contributed by atoms with Crippen molar-refractivity contribution < 1.29 is 43.6 Å². The van der Waals surface area contributed by atoms with Gasteiger partial charge in [-0.2, -0.15) is 0 Å². The van der Waals surface area contributed by atoms with Crippen LogP contribution < -0.4 is 0 Å². The molecule has 0 aromatic heterocycles. The van der Waals surface area contributed by atoms with Gasteiger partial charge in [-0.1, -0.05) is 6.08 Å². The molecule has 0 bridgehead atoms. The zero-order valence-corrected chi connectivity index (χ0v) is 15.3. The Kier molecular flexibility index (Phi) is 8.01. The summed E-state index contributed by atoms with van der Waals surface area (Å²) in [6.45, 7) is 4.70. The molecule has 0 spiro atoms. The normalized spacial score (nSPS) is 19.9. The molecule has 8 nitrogen and oxygen atoms in total. The number of aliphatic carboxylic acids is 1. The van der Waals surface area contributed by atoms with E-state index < -0.39 is 42.6 Å². The first-order valence-corrected chi connectivity index (χ1v) is 8.40. The number of allylic oxidation sites excluding steroid dienone is 2. The van der Waals surface area contributed by atoms with E-state index in [1.165, 1.54) is 6.08 Å². The third-order valence-corrected chi connectivity index (χ3v) is 3.60. The first-order valence-electron chi connectivity index (χ1n) is 8.40. The quantitative estimate of drug-likeness (QED) is 0.194. The van der Waals surface area contributed by atoms with Crippen molar-refractivity contribution >= 4 is 17.8 Å². The number of hydroxylamine groups is 1. The Labute approximate surface area is 151 Å². The first-order chi connectivity index (χ1) is 12.0. The number of esters is 1. The van der Waals surface area contributed by atoms with Crippen molar-refractivity contribution in [2.75, 3.05) is 13.2 Å². The molecule has 0 amide bonds. The number of halogens is 1. The molecule has 26 heavy (non-hydrogen) atoms. The van der Waals surface area contributed by atoms with E-state index in [4.69, 9.17) is 14.7 Å². The van der Waals surface area contributed by atoms with E-state index in [0.717, 1.165) is 4.74 Å². The average Bonchev–Trinajstić information content (AvgIpc) is 2.51. The number of aliphatic hydroxyl groups is 2. The van der Waals surface area contributed by atoms with E-state index in [9.17, 15) is 24.2 Å². The molecular formula is C17H27FNO7+. The molecule has 148 valence electrons. The van der Waals surface area contributed by atoms with Gasteiger partial charge in [0, 0.05) is 10.7 Å². The number of aliphatic hydroxyl groups excluding tert-OH is 2. The first kappa shape index (κ1) is 21.9. The van der Waals surface area contributed by atoms with Crippen LogP contribution >= 0.6 is 0 Å². The molecular weight excluding hydrogens is 349 g/mol. The van der Waals surface area contributed by atoms with Crippen LogP contribution in [0, 0.1) is 5.92 Å². The van der Waals surface area contributed by atoms with Gasteiger partial charge in [0.15, 0.2) is 12.6 Å². The van der Waals surface area contributed by atoms with E-state index in [1.54, 1.807) is 20.8 Å². The van der Waals surface area contributed by atoms with Gasteiger partial charge in [-0.3, -0.25) is 4.84 Å². The number of nitrogens with zero attached hydrogens (tertiary/aromatic N) is 1. The number of carboxylic acid groups (broad SMARTS) is 1. The van der Waals surface area contributed by atoms with Crippen LogP contribution in [0.4, 0.5) is 4.39 Å². The van der Waals surface area contributed by atoms with Crippen LogP contribution in [0.25, 0.3) is 0 Å². The van der Waals surface area contributed by atoms with Crippen molar-refractivity contribution in [1.29, 1.82) is 0 Å². The molecule has 0 aromatic rings. The zero-order chi connectivity index (χ0) is 19.9. The molecule has 2 atom stereocenters. The molecule has 0 fully saturated rings. The topological polar surface area (TPSA) is 116 Å². The van der Waals surface area contributed by atoms with E-state index >= 15 is 0 Å². The fourth-order valence-corrected chi connectivity index (χ4v) is 2.35. The SMILES string of the molecule is CC(C)(C)OC(=O)CO[N+](CC1CC=C(F)CC1)=C(O)CC(O)C(=O)O. The summed E-state index contributed by atoms with van der Waals surface area (Å²) in [7, 11) is 0. The fraction of sp³-hybridized carbons (Fsp3) is 0.706. The van der Waals surface area contributed by atoms with Crippen LogP contribution in [-0.4, -0.2) is 62.8 Å². The van der Waals surface area contributed by atoms with Crippen LogP contribution in [0.1, 0.15) is 46.5 Å². The number of hydrogen-bond acceptors (Lipinski definition) is 5. The van der Waals surface area contributed by atoms with E-state index in [1.807, 2.05) is 0 Å². The van der Waals surface area contributed by atoms with Gasteiger partial charge in [0.05, 0.1) is 5.83 Å². The third-order valence-electron chi connectivity index (χ3n) is 3.60. The molecule has 0 radical (unpaired) electrons. The molecule has 3 N–H and O–H groups in total. The summed E-state index contributed by atoms with van der Waals surface area (Å²) in [6, 6.07) is 0. The second-order valence-corrected chi connectivity index (χ2v) is 7.19. The lowest BCUT2D eigenvalue weighted by Gasteiger charge is -2.19. The van der Waals surface area contributed by atoms with E-state index in [-0.39, 0.29) is 24.7 Å². The Morgan fingerprint density at radius 2 is 2.04 bits per heavy atom. The Morgan fingerprint density at radius 3 is 2.54 bits per heavy atom. The number of carbonyl (C=O) groups excluding carboxylic acids is 1. The maximum atomic E-state index is 13.1. The Bertz CT molecular complexity index is 580. The summed E-state index contributed by atoms with van der Waals surface area (Å²) >= 11 is 0. The molecule has 0 saturated carbocycles. The van der Waals surface area contributed by atoms with Gasteiger partial charge in [0.1, 0.15) is 12.0 Å². The van der Waals surface area contributed by atoms with Gasteiger partial charge in [-0.15, -0.1) is 0 Å². The largest absolute Gasteiger partial charge is 0.479 e. The molecule has 0 aliphatic heterocycles. The minimum atomic E-state index is -1.81. The van der Waals surface area contributed by atoms with Gasteiger partial charge >= 0.3 is 17.8 Å². The molecule has 2 unspecified atom stereocenters. The second kappa shape index (κ2) is 9.51. The van der Waals surface area contributed by atoms with E-state index in [2.05, 4.69) is 0 Å². The van der Waals surface area contributed by atoms with E-state index in [0.29, 0.717) is 12.8 Å². The highest BCUT2D eigenvalue weighted by Crippen LogP contribution is 2.24. The highest BCUT2D eigenvalue weighted by atomic mass is 19.1. The molecule has 1 aliphatic carbocycles. The molecule has 0 aromatic carbocycles. The molecule has 1 rings (SSSR count). The predicted molar refractivity (Wildman–Crippen MR) is 89.4 cm³/mol. The molecule has 0 saturated heterocycles. The maximum Gasteiger partial charge on any atom is 0.385 e. The summed E-state index contributed by atoms with van der Waals surface area (Å²) in [5, 5.41) is 28.3. The third kappa shape index (κ3) is 8.28. The summed E-state index contributed by atoms with van der Waals surface area (Å²) in [5.41, 5.74) is -0.706. The van der Waals surface area contributed by atoms with Gasteiger partial charge in [0.25, 0.3) is 6.61 Å². The fourth-order valence-electron chi connectivity index (χ4n) is 2.35. The number of carbonyl (C=O) groups is 2. The van der Waals surface area contributed by atoms with Crippen molar-refractivity contribution in [3.63, 3.8) is 0 Å². The zero-order valence-electron chi connectivity index (χ0n) is 15.3. The Balaban J connectivity index is 2.80. The lowest BCUT2D eigenvalue weighted by molar-refractivity contribution is -0.793. The van der Waals surface area contributed by atoms with Crippen molar-refractivity contribution in [3.8, 4) is 0 Å². The van der Waals surface area contributed by atoms with Gasteiger partial charge in [-0.25, -0.2) is 14.0 Å². The predicted octanol–water partition coefficient (Wildman–Crippen LogP) is 1.72. The van der Waals surface area contributed by atoms with Crippen LogP contribution in [0.3, 0.4) is 0 Å². The lowest BCUT2D eigenvalue weighted by atomic mass is 9.94. The van der Waals surface area contributed by atoms with Crippen LogP contribution in [0.15, 0.2) is 11.9 Å². The molecule has 1 aliphatic rings.